The van der Waals surface area contributed by atoms with Crippen LogP contribution >= 0.6 is 11.3 Å². The van der Waals surface area contributed by atoms with Crippen LogP contribution in [0.1, 0.15) is 22.4 Å². The molecule has 1 atom stereocenters. The Balaban J connectivity index is 1.87. The molecule has 0 aliphatic carbocycles. The van der Waals surface area contributed by atoms with Gasteiger partial charge in [0.05, 0.1) is 12.6 Å². The second-order valence-electron chi connectivity index (χ2n) is 4.33. The highest BCUT2D eigenvalue weighted by atomic mass is 32.1. The number of rotatable bonds is 5. The van der Waals surface area contributed by atoms with Crippen molar-refractivity contribution in [3.8, 4) is 0 Å². The first kappa shape index (κ1) is 12.4. The molecular formula is C13H18N2OS. The van der Waals surface area contributed by atoms with Crippen molar-refractivity contribution in [2.24, 2.45) is 5.73 Å². The van der Waals surface area contributed by atoms with Gasteiger partial charge in [-0.1, -0.05) is 6.07 Å². The summed E-state index contributed by atoms with van der Waals surface area (Å²) in [5.41, 5.74) is 6.14. The SMILES string of the molecule is Cc1ccc(CN(C)CC(N)c2cccs2)o1. The zero-order chi connectivity index (χ0) is 12.3. The molecule has 2 N–H and O–H groups in total. The van der Waals surface area contributed by atoms with E-state index < -0.39 is 0 Å². The molecule has 3 nitrogen and oxygen atoms in total. The van der Waals surface area contributed by atoms with E-state index in [1.165, 1.54) is 4.88 Å². The minimum absolute atomic E-state index is 0.0797. The zero-order valence-electron chi connectivity index (χ0n) is 10.2. The van der Waals surface area contributed by atoms with Crippen molar-refractivity contribution in [3.63, 3.8) is 0 Å². The summed E-state index contributed by atoms with van der Waals surface area (Å²) >= 11 is 1.71. The van der Waals surface area contributed by atoms with Crippen LogP contribution in [0.4, 0.5) is 0 Å². The third-order valence-electron chi connectivity index (χ3n) is 2.64. The summed E-state index contributed by atoms with van der Waals surface area (Å²) in [4.78, 5) is 3.41. The smallest absolute Gasteiger partial charge is 0.118 e. The lowest BCUT2D eigenvalue weighted by atomic mass is 10.2. The number of nitrogens with two attached hydrogens (primary N) is 1. The average Bonchev–Trinajstić information content (AvgIpc) is 2.89. The van der Waals surface area contributed by atoms with E-state index in [9.17, 15) is 0 Å². The van der Waals surface area contributed by atoms with Crippen molar-refractivity contribution >= 4 is 11.3 Å². The van der Waals surface area contributed by atoms with Crippen molar-refractivity contribution in [2.75, 3.05) is 13.6 Å². The minimum Gasteiger partial charge on any atom is -0.465 e. The van der Waals surface area contributed by atoms with Gasteiger partial charge in [-0.2, -0.15) is 0 Å². The Morgan fingerprint density at radius 2 is 2.24 bits per heavy atom. The summed E-state index contributed by atoms with van der Waals surface area (Å²) < 4.78 is 5.55. The third kappa shape index (κ3) is 3.43. The first-order valence-corrected chi connectivity index (χ1v) is 6.56. The number of hydrogen-bond acceptors (Lipinski definition) is 4. The molecular weight excluding hydrogens is 232 g/mol. The Labute approximate surface area is 106 Å². The van der Waals surface area contributed by atoms with Gasteiger partial charge in [0.25, 0.3) is 0 Å². The highest BCUT2D eigenvalue weighted by molar-refractivity contribution is 7.10. The quantitative estimate of drug-likeness (QED) is 0.887. The Morgan fingerprint density at radius 1 is 1.41 bits per heavy atom. The standard InChI is InChI=1S/C13H18N2OS/c1-10-5-6-11(16-10)8-15(2)9-12(14)13-4-3-7-17-13/h3-7,12H,8-9,14H2,1-2H3. The van der Waals surface area contributed by atoms with Gasteiger partial charge in [0.2, 0.25) is 0 Å². The fourth-order valence-electron chi connectivity index (χ4n) is 1.83. The van der Waals surface area contributed by atoms with Crippen LogP contribution in [0.15, 0.2) is 34.1 Å². The molecule has 0 aliphatic heterocycles. The highest BCUT2D eigenvalue weighted by Crippen LogP contribution is 2.18. The van der Waals surface area contributed by atoms with Gasteiger partial charge in [-0.25, -0.2) is 0 Å². The van der Waals surface area contributed by atoms with Gasteiger partial charge in [0, 0.05) is 11.4 Å². The molecule has 0 aromatic carbocycles. The van der Waals surface area contributed by atoms with Crippen molar-refractivity contribution in [1.82, 2.24) is 4.90 Å². The van der Waals surface area contributed by atoms with Crippen LogP contribution in [-0.4, -0.2) is 18.5 Å². The Morgan fingerprint density at radius 3 is 2.82 bits per heavy atom. The van der Waals surface area contributed by atoms with Gasteiger partial charge >= 0.3 is 0 Å². The molecule has 2 aromatic heterocycles. The van der Waals surface area contributed by atoms with Crippen molar-refractivity contribution in [1.29, 1.82) is 0 Å². The van der Waals surface area contributed by atoms with Gasteiger partial charge in [-0.15, -0.1) is 11.3 Å². The third-order valence-corrected chi connectivity index (χ3v) is 3.64. The molecule has 0 spiro atoms. The van der Waals surface area contributed by atoms with E-state index in [1.54, 1.807) is 11.3 Å². The summed E-state index contributed by atoms with van der Waals surface area (Å²) in [6.07, 6.45) is 0. The summed E-state index contributed by atoms with van der Waals surface area (Å²) in [6, 6.07) is 8.21. The predicted octanol–water partition coefficient (Wildman–Crippen LogP) is 2.78. The zero-order valence-corrected chi connectivity index (χ0v) is 11.0. The van der Waals surface area contributed by atoms with E-state index in [0.29, 0.717) is 0 Å². The largest absolute Gasteiger partial charge is 0.465 e. The molecule has 2 heterocycles. The van der Waals surface area contributed by atoms with Crippen LogP contribution in [0.25, 0.3) is 0 Å². The van der Waals surface area contributed by atoms with E-state index in [1.807, 2.05) is 25.1 Å². The lowest BCUT2D eigenvalue weighted by Crippen LogP contribution is -2.28. The molecule has 0 saturated heterocycles. The minimum atomic E-state index is 0.0797. The van der Waals surface area contributed by atoms with Crippen LogP contribution in [0.3, 0.4) is 0 Å². The van der Waals surface area contributed by atoms with Gasteiger partial charge in [0.1, 0.15) is 11.5 Å². The van der Waals surface area contributed by atoms with Gasteiger partial charge in [-0.05, 0) is 37.6 Å². The molecule has 17 heavy (non-hydrogen) atoms. The fraction of sp³-hybridized carbons (Fsp3) is 0.385. The predicted molar refractivity (Wildman–Crippen MR) is 71.0 cm³/mol. The number of likely N-dealkylation sites (N-methyl/N-ethyl adjacent to an activating group) is 1. The van der Waals surface area contributed by atoms with Crippen molar-refractivity contribution in [2.45, 2.75) is 19.5 Å². The van der Waals surface area contributed by atoms with Crippen LogP contribution in [0.5, 0.6) is 0 Å². The van der Waals surface area contributed by atoms with Crippen LogP contribution in [0.2, 0.25) is 0 Å². The van der Waals surface area contributed by atoms with E-state index in [0.717, 1.165) is 24.6 Å². The number of aryl methyl sites for hydroxylation is 1. The van der Waals surface area contributed by atoms with Crippen molar-refractivity contribution in [3.05, 3.63) is 46.0 Å². The number of hydrogen-bond donors (Lipinski definition) is 1. The summed E-state index contributed by atoms with van der Waals surface area (Å²) in [6.45, 7) is 3.59. The van der Waals surface area contributed by atoms with E-state index in [-0.39, 0.29) is 6.04 Å². The Hall–Kier alpha value is -1.10. The average molecular weight is 250 g/mol. The Kier molecular flexibility index (Phi) is 3.99. The summed E-state index contributed by atoms with van der Waals surface area (Å²) in [5.74, 6) is 1.94. The molecule has 0 bridgehead atoms. The highest BCUT2D eigenvalue weighted by Gasteiger charge is 2.11. The lowest BCUT2D eigenvalue weighted by Gasteiger charge is -2.19. The second-order valence-corrected chi connectivity index (χ2v) is 5.31. The van der Waals surface area contributed by atoms with Crippen LogP contribution < -0.4 is 5.73 Å². The number of furan rings is 1. The normalized spacial score (nSPS) is 13.2. The Bertz CT molecular complexity index is 450. The van der Waals surface area contributed by atoms with Gasteiger partial charge < -0.3 is 10.2 Å². The van der Waals surface area contributed by atoms with Crippen LogP contribution in [-0.2, 0) is 6.54 Å². The molecule has 0 saturated carbocycles. The number of thiophene rings is 1. The van der Waals surface area contributed by atoms with Gasteiger partial charge in [-0.3, -0.25) is 4.90 Å². The lowest BCUT2D eigenvalue weighted by molar-refractivity contribution is 0.277. The maximum Gasteiger partial charge on any atom is 0.118 e. The molecule has 0 amide bonds. The molecule has 92 valence electrons. The van der Waals surface area contributed by atoms with E-state index in [2.05, 4.69) is 23.4 Å². The number of nitrogens with zero attached hydrogens (tertiary/aromatic N) is 1. The maximum absolute atomic E-state index is 6.14. The fourth-order valence-corrected chi connectivity index (χ4v) is 2.55. The van der Waals surface area contributed by atoms with E-state index in [4.69, 9.17) is 10.2 Å². The first-order chi connectivity index (χ1) is 8.15. The summed E-state index contributed by atoms with van der Waals surface area (Å²) in [7, 11) is 2.06. The summed E-state index contributed by atoms with van der Waals surface area (Å²) in [5, 5.41) is 2.06. The van der Waals surface area contributed by atoms with Gasteiger partial charge in [0.15, 0.2) is 0 Å². The molecule has 2 rings (SSSR count). The molecule has 0 aliphatic rings. The first-order valence-electron chi connectivity index (χ1n) is 5.68. The van der Waals surface area contributed by atoms with Crippen molar-refractivity contribution < 1.29 is 4.42 Å². The maximum atomic E-state index is 6.14. The molecule has 0 radical (unpaired) electrons. The topological polar surface area (TPSA) is 42.4 Å². The van der Waals surface area contributed by atoms with E-state index >= 15 is 0 Å². The molecule has 0 fully saturated rings. The molecule has 2 aromatic rings. The molecule has 4 heteroatoms. The van der Waals surface area contributed by atoms with Crippen LogP contribution in [0, 0.1) is 6.92 Å². The molecule has 1 unspecified atom stereocenters. The monoisotopic (exact) mass is 250 g/mol. The second kappa shape index (κ2) is 5.49.